The zero-order valence-electron chi connectivity index (χ0n) is 17.7. The minimum Gasteiger partial charge on any atom is -0.394 e. The third-order valence-electron chi connectivity index (χ3n) is 6.05. The van der Waals surface area contributed by atoms with E-state index in [2.05, 4.69) is 0 Å². The van der Waals surface area contributed by atoms with Gasteiger partial charge in [-0.1, -0.05) is 0 Å². The molecule has 3 aliphatic heterocycles. The summed E-state index contributed by atoms with van der Waals surface area (Å²) in [6.45, 7) is -1.84. The molecular formula is C18H32O16. The van der Waals surface area contributed by atoms with Crippen molar-refractivity contribution >= 4 is 0 Å². The summed E-state index contributed by atoms with van der Waals surface area (Å²) < 4.78 is 26.1. The van der Waals surface area contributed by atoms with E-state index in [9.17, 15) is 56.2 Å². The predicted octanol–water partition coefficient (Wildman–Crippen LogP) is -7.57. The SMILES string of the molecule is OCC1O[C@@H](OCC2O[C@@H](OCC3O[C@@H](O)C(O)[C@@H](O)[C@@H]3O)C(O)[C@@H](O)[C@@H]2O)C(O)[C@@H](O)[C@@H]1O. The summed E-state index contributed by atoms with van der Waals surface area (Å²) in [5, 5.41) is 108. The van der Waals surface area contributed by atoms with Crippen molar-refractivity contribution in [3.8, 4) is 0 Å². The van der Waals surface area contributed by atoms with Gasteiger partial charge >= 0.3 is 0 Å². The first-order valence-corrected chi connectivity index (χ1v) is 10.6. The normalized spacial score (nSPS) is 52.5. The summed E-state index contributed by atoms with van der Waals surface area (Å²) >= 11 is 0. The first kappa shape index (κ1) is 27.9. The highest BCUT2D eigenvalue weighted by atomic mass is 16.7. The molecule has 0 amide bonds. The Morgan fingerprint density at radius 1 is 0.441 bits per heavy atom. The molecule has 6 unspecified atom stereocenters. The van der Waals surface area contributed by atoms with Crippen LogP contribution in [0.5, 0.6) is 0 Å². The van der Waals surface area contributed by atoms with Crippen molar-refractivity contribution in [1.29, 1.82) is 0 Å². The van der Waals surface area contributed by atoms with Crippen LogP contribution in [0, 0.1) is 0 Å². The number of hydrogen-bond donors (Lipinski definition) is 11. The fourth-order valence-corrected chi connectivity index (χ4v) is 3.84. The highest BCUT2D eigenvalue weighted by Gasteiger charge is 2.48. The van der Waals surface area contributed by atoms with E-state index >= 15 is 0 Å². The number of aliphatic hydroxyl groups is 11. The second-order valence-corrected chi connectivity index (χ2v) is 8.42. The fourth-order valence-electron chi connectivity index (χ4n) is 3.84. The zero-order chi connectivity index (χ0) is 25.3. The van der Waals surface area contributed by atoms with Crippen molar-refractivity contribution in [2.45, 2.75) is 92.1 Å². The minimum atomic E-state index is -1.82. The molecule has 0 saturated carbocycles. The lowest BCUT2D eigenvalue weighted by molar-refractivity contribution is -0.340. The van der Waals surface area contributed by atoms with E-state index in [4.69, 9.17) is 23.7 Å². The topological polar surface area (TPSA) is 269 Å². The van der Waals surface area contributed by atoms with Gasteiger partial charge in [-0.05, 0) is 0 Å². The van der Waals surface area contributed by atoms with E-state index < -0.39 is 112 Å². The van der Waals surface area contributed by atoms with E-state index in [0.717, 1.165) is 0 Å². The van der Waals surface area contributed by atoms with E-state index in [1.807, 2.05) is 0 Å². The average Bonchev–Trinajstić information content (AvgIpc) is 2.82. The Kier molecular flexibility index (Phi) is 9.54. The van der Waals surface area contributed by atoms with Gasteiger partial charge in [0, 0.05) is 0 Å². The third-order valence-corrected chi connectivity index (χ3v) is 6.05. The Bertz CT molecular complexity index is 639. The molecule has 3 saturated heterocycles. The van der Waals surface area contributed by atoms with Gasteiger partial charge in [0.15, 0.2) is 18.9 Å². The Morgan fingerprint density at radius 2 is 0.824 bits per heavy atom. The minimum absolute atomic E-state index is 0.570. The third kappa shape index (κ3) is 5.68. The van der Waals surface area contributed by atoms with Crippen LogP contribution in [0.3, 0.4) is 0 Å². The maximum absolute atomic E-state index is 10.2. The summed E-state index contributed by atoms with van der Waals surface area (Å²) in [7, 11) is 0. The molecule has 0 bridgehead atoms. The summed E-state index contributed by atoms with van der Waals surface area (Å²) in [5.41, 5.74) is 0. The van der Waals surface area contributed by atoms with Gasteiger partial charge in [0.25, 0.3) is 0 Å². The molecule has 3 heterocycles. The first-order chi connectivity index (χ1) is 16.0. The largest absolute Gasteiger partial charge is 0.394 e. The second-order valence-electron chi connectivity index (χ2n) is 8.42. The molecule has 11 N–H and O–H groups in total. The lowest BCUT2D eigenvalue weighted by atomic mass is 9.98. The van der Waals surface area contributed by atoms with Gasteiger partial charge in [0.2, 0.25) is 0 Å². The van der Waals surface area contributed by atoms with E-state index in [1.165, 1.54) is 0 Å². The lowest BCUT2D eigenvalue weighted by Gasteiger charge is -2.43. The van der Waals surface area contributed by atoms with Crippen molar-refractivity contribution in [3.63, 3.8) is 0 Å². The van der Waals surface area contributed by atoms with Crippen molar-refractivity contribution in [3.05, 3.63) is 0 Å². The van der Waals surface area contributed by atoms with Crippen LogP contribution >= 0.6 is 0 Å². The predicted molar refractivity (Wildman–Crippen MR) is 101 cm³/mol. The van der Waals surface area contributed by atoms with Gasteiger partial charge in [-0.2, -0.15) is 0 Å². The molecule has 0 aromatic rings. The number of hydrogen-bond acceptors (Lipinski definition) is 16. The van der Waals surface area contributed by atoms with Crippen LogP contribution in [0.4, 0.5) is 0 Å². The Balaban J connectivity index is 1.58. The van der Waals surface area contributed by atoms with Crippen molar-refractivity contribution in [2.75, 3.05) is 19.8 Å². The summed E-state index contributed by atoms with van der Waals surface area (Å²) in [6.07, 6.45) is -24.4. The molecule has 3 aliphatic rings. The fraction of sp³-hybridized carbons (Fsp3) is 1.00. The van der Waals surface area contributed by atoms with E-state index in [-0.39, 0.29) is 0 Å². The second kappa shape index (κ2) is 11.6. The molecule has 200 valence electrons. The molecule has 16 heteroatoms. The van der Waals surface area contributed by atoms with E-state index in [0.29, 0.717) is 0 Å². The van der Waals surface area contributed by atoms with Crippen LogP contribution in [0.1, 0.15) is 0 Å². The van der Waals surface area contributed by atoms with Crippen LogP contribution in [0.15, 0.2) is 0 Å². The molecule has 34 heavy (non-hydrogen) atoms. The maximum atomic E-state index is 10.2. The number of rotatable bonds is 7. The molecule has 0 radical (unpaired) electrons. The van der Waals surface area contributed by atoms with Crippen molar-refractivity contribution in [1.82, 2.24) is 0 Å². The van der Waals surface area contributed by atoms with Crippen LogP contribution in [-0.4, -0.2) is 168 Å². The van der Waals surface area contributed by atoms with Crippen molar-refractivity contribution < 1.29 is 79.9 Å². The van der Waals surface area contributed by atoms with Gasteiger partial charge in [-0.25, -0.2) is 0 Å². The highest BCUT2D eigenvalue weighted by molar-refractivity contribution is 4.92. The van der Waals surface area contributed by atoms with Gasteiger partial charge in [-0.15, -0.1) is 0 Å². The molecule has 0 aliphatic carbocycles. The zero-order valence-corrected chi connectivity index (χ0v) is 17.7. The summed E-state index contributed by atoms with van der Waals surface area (Å²) in [6, 6.07) is 0. The number of aliphatic hydroxyl groups excluding tert-OH is 11. The van der Waals surface area contributed by atoms with Gasteiger partial charge in [0.1, 0.15) is 73.2 Å². The van der Waals surface area contributed by atoms with Crippen LogP contribution in [0.2, 0.25) is 0 Å². The highest BCUT2D eigenvalue weighted by Crippen LogP contribution is 2.27. The van der Waals surface area contributed by atoms with Gasteiger partial charge in [0.05, 0.1) is 19.8 Å². The number of ether oxygens (including phenoxy) is 5. The Morgan fingerprint density at radius 3 is 1.29 bits per heavy atom. The molecular weight excluding hydrogens is 472 g/mol. The molecule has 15 atom stereocenters. The molecule has 16 nitrogen and oxygen atoms in total. The molecule has 3 rings (SSSR count). The van der Waals surface area contributed by atoms with Gasteiger partial charge < -0.3 is 79.9 Å². The summed E-state index contributed by atoms with van der Waals surface area (Å²) in [4.78, 5) is 0. The molecule has 0 spiro atoms. The van der Waals surface area contributed by atoms with Gasteiger partial charge in [-0.3, -0.25) is 0 Å². The average molecular weight is 504 g/mol. The molecule has 0 aromatic carbocycles. The first-order valence-electron chi connectivity index (χ1n) is 10.6. The monoisotopic (exact) mass is 504 g/mol. The smallest absolute Gasteiger partial charge is 0.186 e. The van der Waals surface area contributed by atoms with Crippen LogP contribution in [0.25, 0.3) is 0 Å². The lowest BCUT2D eigenvalue weighted by Crippen LogP contribution is -2.62. The van der Waals surface area contributed by atoms with Crippen LogP contribution in [-0.2, 0) is 23.7 Å². The standard InChI is InChI=1S/C18H32O16/c19-1-4-7(20)11(24)14(27)17(33-4)31-3-6-9(22)12(25)15(28)18(34-6)30-2-5-8(21)10(23)13(26)16(29)32-5/h4-29H,1-3H2/t4?,5?,6?,7-,8-,9-,10+,11+,12+,13?,14?,15?,16-,17-,18-/m1/s1. The maximum Gasteiger partial charge on any atom is 0.186 e. The quantitative estimate of drug-likeness (QED) is 0.154. The summed E-state index contributed by atoms with van der Waals surface area (Å²) in [5.74, 6) is 0. The van der Waals surface area contributed by atoms with Crippen LogP contribution < -0.4 is 0 Å². The molecule has 0 aromatic heterocycles. The molecule has 3 fully saturated rings. The Hall–Kier alpha value is -0.640. The van der Waals surface area contributed by atoms with Crippen molar-refractivity contribution in [2.24, 2.45) is 0 Å². The Labute approximate surface area is 192 Å². The van der Waals surface area contributed by atoms with E-state index in [1.54, 1.807) is 0 Å².